The SMILES string of the molecule is CCC(C)(C)CC(N1C/C=C\C=C/Cc2ccccc21)C(C)(CC)CC. The van der Waals surface area contributed by atoms with Crippen LogP contribution in [0.2, 0.25) is 0 Å². The third-order valence-electron chi connectivity index (χ3n) is 6.82. The maximum Gasteiger partial charge on any atom is 0.0407 e. The molecule has 1 unspecified atom stereocenters. The van der Waals surface area contributed by atoms with Crippen LogP contribution < -0.4 is 4.90 Å². The van der Waals surface area contributed by atoms with Gasteiger partial charge < -0.3 is 4.90 Å². The van der Waals surface area contributed by atoms with Gasteiger partial charge in [0.25, 0.3) is 0 Å². The van der Waals surface area contributed by atoms with Gasteiger partial charge in [0.15, 0.2) is 0 Å². The van der Waals surface area contributed by atoms with E-state index in [1.165, 1.54) is 36.9 Å². The zero-order chi connectivity index (χ0) is 19.2. The highest BCUT2D eigenvalue weighted by molar-refractivity contribution is 5.56. The van der Waals surface area contributed by atoms with Crippen molar-refractivity contribution >= 4 is 5.69 Å². The summed E-state index contributed by atoms with van der Waals surface area (Å²) in [6.45, 7) is 15.4. The van der Waals surface area contributed by atoms with Crippen LogP contribution in [0.5, 0.6) is 0 Å². The lowest BCUT2D eigenvalue weighted by atomic mass is 9.69. The third kappa shape index (κ3) is 4.81. The molecule has 0 bridgehead atoms. The molecular formula is C25H39N. The highest BCUT2D eigenvalue weighted by Gasteiger charge is 2.38. The number of para-hydroxylation sites is 1. The Hall–Kier alpha value is -1.50. The lowest BCUT2D eigenvalue weighted by Crippen LogP contribution is -2.49. The quantitative estimate of drug-likeness (QED) is 0.501. The van der Waals surface area contributed by atoms with Crippen LogP contribution >= 0.6 is 0 Å². The summed E-state index contributed by atoms with van der Waals surface area (Å²) >= 11 is 0. The molecule has 0 saturated carbocycles. The Morgan fingerprint density at radius 1 is 0.923 bits per heavy atom. The second-order valence-corrected chi connectivity index (χ2v) is 8.94. The summed E-state index contributed by atoms with van der Waals surface area (Å²) in [5, 5.41) is 0. The molecule has 0 fully saturated rings. The lowest BCUT2D eigenvalue weighted by molar-refractivity contribution is 0.160. The summed E-state index contributed by atoms with van der Waals surface area (Å²) < 4.78 is 0. The van der Waals surface area contributed by atoms with Crippen LogP contribution in [0.4, 0.5) is 5.69 Å². The fraction of sp³-hybridized carbons (Fsp3) is 0.600. The molecule has 1 atom stereocenters. The molecule has 0 aliphatic carbocycles. The third-order valence-corrected chi connectivity index (χ3v) is 6.82. The summed E-state index contributed by atoms with van der Waals surface area (Å²) in [4.78, 5) is 2.71. The molecule has 1 nitrogen and oxygen atoms in total. The predicted octanol–water partition coefficient (Wildman–Crippen LogP) is 7.18. The molecule has 0 aromatic heterocycles. The van der Waals surface area contributed by atoms with Crippen LogP contribution in [0.25, 0.3) is 0 Å². The standard InChI is InChI=1S/C25H39N/c1-7-24(4,5)20-23(25(6,8-2)9-3)26-19-15-11-10-12-16-21-17-13-14-18-22(21)26/h10-15,17-18,23H,7-9,16,19-20H2,1-6H3/b12-10-,15-11-. The van der Waals surface area contributed by atoms with Gasteiger partial charge in [0.2, 0.25) is 0 Å². The molecule has 0 saturated heterocycles. The van der Waals surface area contributed by atoms with E-state index < -0.39 is 0 Å². The van der Waals surface area contributed by atoms with E-state index in [2.05, 4.69) is 95.0 Å². The van der Waals surface area contributed by atoms with Crippen molar-refractivity contribution in [3.63, 3.8) is 0 Å². The zero-order valence-corrected chi connectivity index (χ0v) is 17.9. The first-order valence-corrected chi connectivity index (χ1v) is 10.5. The smallest absolute Gasteiger partial charge is 0.0407 e. The molecule has 1 heterocycles. The molecule has 1 aliphatic heterocycles. The van der Waals surface area contributed by atoms with E-state index in [1.807, 2.05) is 0 Å². The van der Waals surface area contributed by atoms with Crippen molar-refractivity contribution in [1.82, 2.24) is 0 Å². The van der Waals surface area contributed by atoms with Gasteiger partial charge in [-0.05, 0) is 48.1 Å². The van der Waals surface area contributed by atoms with E-state index >= 15 is 0 Å². The van der Waals surface area contributed by atoms with E-state index in [-0.39, 0.29) is 0 Å². The van der Waals surface area contributed by atoms with Crippen molar-refractivity contribution in [2.24, 2.45) is 10.8 Å². The minimum absolute atomic E-state index is 0.314. The van der Waals surface area contributed by atoms with Gasteiger partial charge in [0.05, 0.1) is 0 Å². The Bertz CT molecular complexity index is 619. The van der Waals surface area contributed by atoms with Crippen molar-refractivity contribution in [2.75, 3.05) is 11.4 Å². The Balaban J connectivity index is 2.54. The molecule has 0 radical (unpaired) electrons. The number of anilines is 1. The van der Waals surface area contributed by atoms with Crippen LogP contribution in [0.1, 0.15) is 72.8 Å². The molecule has 1 aromatic carbocycles. The normalized spacial score (nSPS) is 19.1. The average Bonchev–Trinajstić information content (AvgIpc) is 2.76. The summed E-state index contributed by atoms with van der Waals surface area (Å²) in [6.07, 6.45) is 14.9. The first-order chi connectivity index (χ1) is 12.4. The predicted molar refractivity (Wildman–Crippen MR) is 117 cm³/mol. The second kappa shape index (κ2) is 8.93. The lowest BCUT2D eigenvalue weighted by Gasteiger charge is -2.48. The molecule has 26 heavy (non-hydrogen) atoms. The van der Waals surface area contributed by atoms with Gasteiger partial charge in [-0.1, -0.05) is 90.5 Å². The number of rotatable bonds is 7. The van der Waals surface area contributed by atoms with Crippen molar-refractivity contribution in [2.45, 2.75) is 79.7 Å². The summed E-state index contributed by atoms with van der Waals surface area (Å²) in [5.74, 6) is 0. The molecule has 1 aromatic rings. The molecule has 0 amide bonds. The minimum atomic E-state index is 0.314. The summed E-state index contributed by atoms with van der Waals surface area (Å²) in [5.41, 5.74) is 3.54. The van der Waals surface area contributed by atoms with Gasteiger partial charge in [0, 0.05) is 18.3 Å². The molecule has 2 rings (SSSR count). The Morgan fingerprint density at radius 3 is 2.23 bits per heavy atom. The summed E-state index contributed by atoms with van der Waals surface area (Å²) in [6, 6.07) is 9.56. The van der Waals surface area contributed by atoms with Gasteiger partial charge >= 0.3 is 0 Å². The molecule has 0 spiro atoms. The van der Waals surface area contributed by atoms with Crippen LogP contribution in [0.3, 0.4) is 0 Å². The number of fused-ring (bicyclic) bond motifs is 1. The van der Waals surface area contributed by atoms with Gasteiger partial charge in [-0.3, -0.25) is 0 Å². The molecular weight excluding hydrogens is 314 g/mol. The number of benzene rings is 1. The maximum absolute atomic E-state index is 2.71. The highest BCUT2D eigenvalue weighted by Crippen LogP contribution is 2.43. The van der Waals surface area contributed by atoms with Gasteiger partial charge in [-0.2, -0.15) is 0 Å². The maximum atomic E-state index is 2.71. The number of hydrogen-bond acceptors (Lipinski definition) is 1. The van der Waals surface area contributed by atoms with Crippen LogP contribution in [0, 0.1) is 10.8 Å². The first kappa shape index (κ1) is 20.8. The van der Waals surface area contributed by atoms with Crippen molar-refractivity contribution < 1.29 is 0 Å². The van der Waals surface area contributed by atoms with Gasteiger partial charge in [-0.15, -0.1) is 0 Å². The van der Waals surface area contributed by atoms with E-state index in [4.69, 9.17) is 0 Å². The second-order valence-electron chi connectivity index (χ2n) is 8.94. The van der Waals surface area contributed by atoms with Crippen molar-refractivity contribution in [3.05, 3.63) is 54.1 Å². The number of allylic oxidation sites excluding steroid dienone is 3. The van der Waals surface area contributed by atoms with Crippen LogP contribution in [-0.2, 0) is 6.42 Å². The average molecular weight is 354 g/mol. The molecule has 0 N–H and O–H groups in total. The minimum Gasteiger partial charge on any atom is -0.364 e. The fourth-order valence-corrected chi connectivity index (χ4v) is 4.01. The topological polar surface area (TPSA) is 3.24 Å². The Labute approximate surface area is 162 Å². The Morgan fingerprint density at radius 2 is 1.58 bits per heavy atom. The zero-order valence-electron chi connectivity index (χ0n) is 17.9. The van der Waals surface area contributed by atoms with E-state index in [0.717, 1.165) is 13.0 Å². The number of hydrogen-bond donors (Lipinski definition) is 0. The molecule has 1 heteroatoms. The van der Waals surface area contributed by atoms with Gasteiger partial charge in [0.1, 0.15) is 0 Å². The molecule has 1 aliphatic rings. The monoisotopic (exact) mass is 353 g/mol. The fourth-order valence-electron chi connectivity index (χ4n) is 4.01. The number of nitrogens with zero attached hydrogens (tertiary/aromatic N) is 1. The first-order valence-electron chi connectivity index (χ1n) is 10.5. The van der Waals surface area contributed by atoms with Gasteiger partial charge in [-0.25, -0.2) is 0 Å². The van der Waals surface area contributed by atoms with Crippen molar-refractivity contribution in [3.8, 4) is 0 Å². The van der Waals surface area contributed by atoms with E-state index in [0.29, 0.717) is 16.9 Å². The van der Waals surface area contributed by atoms with Crippen molar-refractivity contribution in [1.29, 1.82) is 0 Å². The van der Waals surface area contributed by atoms with Crippen LogP contribution in [-0.4, -0.2) is 12.6 Å². The van der Waals surface area contributed by atoms with E-state index in [9.17, 15) is 0 Å². The van der Waals surface area contributed by atoms with E-state index in [1.54, 1.807) is 0 Å². The summed E-state index contributed by atoms with van der Waals surface area (Å²) in [7, 11) is 0. The highest BCUT2D eigenvalue weighted by atomic mass is 15.2. The Kier molecular flexibility index (Phi) is 7.15. The molecule has 144 valence electrons. The largest absolute Gasteiger partial charge is 0.364 e. The van der Waals surface area contributed by atoms with Crippen LogP contribution in [0.15, 0.2) is 48.6 Å².